The average molecular weight is 352 g/mol. The summed E-state index contributed by atoms with van der Waals surface area (Å²) < 4.78 is 0.730. The van der Waals surface area contributed by atoms with Crippen LogP contribution in [0, 0.1) is 11.3 Å². The normalized spacial score (nSPS) is 9.85. The van der Waals surface area contributed by atoms with Crippen LogP contribution in [0.5, 0.6) is 5.75 Å². The van der Waals surface area contributed by atoms with Crippen LogP contribution in [-0.4, -0.2) is 11.0 Å². The molecule has 2 aromatic carbocycles. The monoisotopic (exact) mass is 350 g/mol. The maximum Gasteiger partial charge on any atom is 0.257 e. The number of nitrogens with one attached hydrogen (secondary N) is 1. The second-order valence-electron chi connectivity index (χ2n) is 3.92. The van der Waals surface area contributed by atoms with Gasteiger partial charge in [-0.2, -0.15) is 5.26 Å². The van der Waals surface area contributed by atoms with Crippen molar-refractivity contribution >= 4 is 39.1 Å². The topological polar surface area (TPSA) is 73.1 Å². The minimum absolute atomic E-state index is 0.0608. The van der Waals surface area contributed by atoms with Gasteiger partial charge in [-0.05, 0) is 36.4 Å². The molecular weight excluding hydrogens is 344 g/mol. The maximum absolute atomic E-state index is 12.1. The number of rotatable bonds is 2. The van der Waals surface area contributed by atoms with Crippen molar-refractivity contribution in [3.63, 3.8) is 0 Å². The molecule has 4 nitrogen and oxygen atoms in total. The minimum Gasteiger partial charge on any atom is -0.508 e. The fraction of sp³-hybridized carbons (Fsp3) is 0. The highest BCUT2D eigenvalue weighted by molar-refractivity contribution is 9.10. The van der Waals surface area contributed by atoms with Crippen molar-refractivity contribution in [2.24, 2.45) is 0 Å². The number of hydrogen-bond acceptors (Lipinski definition) is 3. The van der Waals surface area contributed by atoms with Gasteiger partial charge in [0.25, 0.3) is 5.91 Å². The lowest BCUT2D eigenvalue weighted by Gasteiger charge is -2.09. The largest absolute Gasteiger partial charge is 0.508 e. The molecule has 0 heterocycles. The Bertz CT molecular complexity index is 726. The molecule has 0 spiro atoms. The summed E-state index contributed by atoms with van der Waals surface area (Å²) in [5.74, 6) is -0.560. The molecule has 0 aliphatic heterocycles. The summed E-state index contributed by atoms with van der Waals surface area (Å²) in [6.45, 7) is 0. The molecule has 2 rings (SSSR count). The number of amides is 1. The van der Waals surface area contributed by atoms with Gasteiger partial charge in [0.05, 0.1) is 21.8 Å². The Hall–Kier alpha value is -2.03. The van der Waals surface area contributed by atoms with E-state index >= 15 is 0 Å². The molecule has 0 aromatic heterocycles. The van der Waals surface area contributed by atoms with E-state index in [4.69, 9.17) is 16.9 Å². The number of halogens is 2. The Morgan fingerprint density at radius 1 is 1.30 bits per heavy atom. The third-order valence-electron chi connectivity index (χ3n) is 2.54. The minimum atomic E-state index is -0.500. The molecule has 100 valence electrons. The SMILES string of the molecule is N#Cc1ccc(Br)cc1NC(=O)c1cc(O)ccc1Cl. The van der Waals surface area contributed by atoms with Gasteiger partial charge >= 0.3 is 0 Å². The molecule has 0 radical (unpaired) electrons. The van der Waals surface area contributed by atoms with Crippen LogP contribution in [0.3, 0.4) is 0 Å². The summed E-state index contributed by atoms with van der Waals surface area (Å²) in [6, 6.07) is 11.0. The zero-order valence-electron chi connectivity index (χ0n) is 10.0. The molecular formula is C14H8BrClN2O2. The van der Waals surface area contributed by atoms with E-state index in [-0.39, 0.29) is 16.3 Å². The van der Waals surface area contributed by atoms with Crippen molar-refractivity contribution in [1.29, 1.82) is 5.26 Å². The van der Waals surface area contributed by atoms with E-state index in [1.54, 1.807) is 18.2 Å². The fourth-order valence-corrected chi connectivity index (χ4v) is 2.16. The molecule has 2 N–H and O–H groups in total. The molecule has 20 heavy (non-hydrogen) atoms. The first-order valence-corrected chi connectivity index (χ1v) is 6.68. The maximum atomic E-state index is 12.1. The number of anilines is 1. The van der Waals surface area contributed by atoms with Crippen molar-refractivity contribution in [1.82, 2.24) is 0 Å². The number of phenolic OH excluding ortho intramolecular Hbond substituents is 1. The predicted molar refractivity (Wildman–Crippen MR) is 79.9 cm³/mol. The average Bonchev–Trinajstić information content (AvgIpc) is 2.41. The molecule has 0 fully saturated rings. The molecule has 0 saturated heterocycles. The number of nitrogens with zero attached hydrogens (tertiary/aromatic N) is 1. The van der Waals surface area contributed by atoms with Crippen LogP contribution in [0.4, 0.5) is 5.69 Å². The van der Waals surface area contributed by atoms with E-state index in [0.717, 1.165) is 4.47 Å². The molecule has 0 aliphatic rings. The fourth-order valence-electron chi connectivity index (χ4n) is 1.59. The predicted octanol–water partition coefficient (Wildman–Crippen LogP) is 3.93. The van der Waals surface area contributed by atoms with Crippen LogP contribution in [0.2, 0.25) is 5.02 Å². The number of phenols is 1. The Labute approximate surface area is 128 Å². The summed E-state index contributed by atoms with van der Waals surface area (Å²) in [6.07, 6.45) is 0. The zero-order chi connectivity index (χ0) is 14.7. The number of benzene rings is 2. The Kier molecular flexibility index (Phi) is 4.28. The first kappa shape index (κ1) is 14.4. The van der Waals surface area contributed by atoms with Crippen LogP contribution < -0.4 is 5.32 Å². The van der Waals surface area contributed by atoms with E-state index in [1.807, 2.05) is 6.07 Å². The third kappa shape index (κ3) is 3.10. The quantitative estimate of drug-likeness (QED) is 0.861. The van der Waals surface area contributed by atoms with E-state index in [0.29, 0.717) is 11.3 Å². The molecule has 0 aliphatic carbocycles. The van der Waals surface area contributed by atoms with Gasteiger partial charge in [0.2, 0.25) is 0 Å². The van der Waals surface area contributed by atoms with Crippen LogP contribution in [0.1, 0.15) is 15.9 Å². The Morgan fingerprint density at radius 3 is 2.75 bits per heavy atom. The number of hydrogen-bond donors (Lipinski definition) is 2. The van der Waals surface area contributed by atoms with E-state index in [1.165, 1.54) is 18.2 Å². The highest BCUT2D eigenvalue weighted by atomic mass is 79.9. The molecule has 6 heteroatoms. The summed E-state index contributed by atoms with van der Waals surface area (Å²) in [7, 11) is 0. The smallest absolute Gasteiger partial charge is 0.257 e. The lowest BCUT2D eigenvalue weighted by Crippen LogP contribution is -2.13. The van der Waals surface area contributed by atoms with E-state index in [2.05, 4.69) is 21.2 Å². The van der Waals surface area contributed by atoms with Gasteiger partial charge in [-0.1, -0.05) is 27.5 Å². The third-order valence-corrected chi connectivity index (χ3v) is 3.37. The Balaban J connectivity index is 2.35. The summed E-state index contributed by atoms with van der Waals surface area (Å²) >= 11 is 9.19. The van der Waals surface area contributed by atoms with E-state index in [9.17, 15) is 9.90 Å². The van der Waals surface area contributed by atoms with Crippen LogP contribution >= 0.6 is 27.5 Å². The summed E-state index contributed by atoms with van der Waals surface area (Å²) in [5.41, 5.74) is 0.833. The van der Waals surface area contributed by atoms with Crippen molar-refractivity contribution in [2.45, 2.75) is 0 Å². The van der Waals surface area contributed by atoms with Gasteiger partial charge in [-0.3, -0.25) is 4.79 Å². The van der Waals surface area contributed by atoms with Gasteiger partial charge in [-0.15, -0.1) is 0 Å². The molecule has 2 aromatic rings. The first-order chi connectivity index (χ1) is 9.51. The lowest BCUT2D eigenvalue weighted by atomic mass is 10.1. The number of carbonyl (C=O) groups excluding carboxylic acids is 1. The van der Waals surface area contributed by atoms with Crippen molar-refractivity contribution < 1.29 is 9.90 Å². The summed E-state index contributed by atoms with van der Waals surface area (Å²) in [4.78, 5) is 12.1. The highest BCUT2D eigenvalue weighted by Gasteiger charge is 2.13. The van der Waals surface area contributed by atoms with Gasteiger partial charge in [-0.25, -0.2) is 0 Å². The highest BCUT2D eigenvalue weighted by Crippen LogP contribution is 2.25. The van der Waals surface area contributed by atoms with Gasteiger partial charge in [0, 0.05) is 4.47 Å². The number of nitriles is 1. The first-order valence-electron chi connectivity index (χ1n) is 5.51. The van der Waals surface area contributed by atoms with Gasteiger partial charge in [0.1, 0.15) is 11.8 Å². The number of aromatic hydroxyl groups is 1. The Morgan fingerprint density at radius 2 is 2.05 bits per heavy atom. The second-order valence-corrected chi connectivity index (χ2v) is 5.24. The van der Waals surface area contributed by atoms with Crippen molar-refractivity contribution in [3.05, 3.63) is 57.0 Å². The molecule has 1 amide bonds. The van der Waals surface area contributed by atoms with Crippen LogP contribution in [0.25, 0.3) is 0 Å². The van der Waals surface area contributed by atoms with Gasteiger partial charge < -0.3 is 10.4 Å². The second kappa shape index (κ2) is 5.95. The van der Waals surface area contributed by atoms with Crippen LogP contribution in [0.15, 0.2) is 40.9 Å². The van der Waals surface area contributed by atoms with E-state index < -0.39 is 5.91 Å². The summed E-state index contributed by atoms with van der Waals surface area (Å²) in [5, 5.41) is 21.2. The molecule has 0 saturated carbocycles. The zero-order valence-corrected chi connectivity index (χ0v) is 12.4. The lowest BCUT2D eigenvalue weighted by molar-refractivity contribution is 0.102. The standard InChI is InChI=1S/C14H8BrClN2O2/c15-9-2-1-8(7-17)13(5-9)18-14(20)11-6-10(19)3-4-12(11)16/h1-6,19H,(H,18,20). The van der Waals surface area contributed by atoms with Gasteiger partial charge in [0.15, 0.2) is 0 Å². The molecule has 0 bridgehead atoms. The number of carbonyl (C=O) groups is 1. The van der Waals surface area contributed by atoms with Crippen molar-refractivity contribution in [2.75, 3.05) is 5.32 Å². The molecule has 0 atom stereocenters. The van der Waals surface area contributed by atoms with Crippen LogP contribution in [-0.2, 0) is 0 Å². The van der Waals surface area contributed by atoms with Crippen molar-refractivity contribution in [3.8, 4) is 11.8 Å². The molecule has 0 unspecified atom stereocenters.